The molecule has 0 amide bonds. The van der Waals surface area contributed by atoms with E-state index >= 15 is 0 Å². The maximum Gasteiger partial charge on any atom is 0.0223 e. The van der Waals surface area contributed by atoms with Gasteiger partial charge in [0.1, 0.15) is 0 Å². The highest BCUT2D eigenvalue weighted by molar-refractivity contribution is 4.88. The number of likely N-dealkylation sites (tertiary alicyclic amines) is 2. The summed E-state index contributed by atoms with van der Waals surface area (Å²) < 4.78 is 0. The van der Waals surface area contributed by atoms with Gasteiger partial charge in [-0.25, -0.2) is 0 Å². The van der Waals surface area contributed by atoms with E-state index in [1.807, 2.05) is 0 Å². The lowest BCUT2D eigenvalue weighted by Crippen LogP contribution is -2.48. The molecule has 88 valence electrons. The van der Waals surface area contributed by atoms with E-state index in [4.69, 9.17) is 0 Å². The summed E-state index contributed by atoms with van der Waals surface area (Å²) in [5.74, 6) is 0. The quantitative estimate of drug-likeness (QED) is 0.744. The van der Waals surface area contributed by atoms with Crippen molar-refractivity contribution >= 4 is 0 Å². The Morgan fingerprint density at radius 3 is 2.53 bits per heavy atom. The molecule has 2 aliphatic heterocycles. The van der Waals surface area contributed by atoms with Crippen LogP contribution in [0.1, 0.15) is 25.7 Å². The van der Waals surface area contributed by atoms with Crippen molar-refractivity contribution < 1.29 is 0 Å². The third-order valence-electron chi connectivity index (χ3n) is 4.02. The summed E-state index contributed by atoms with van der Waals surface area (Å²) in [6.45, 7) is 5.08. The molecule has 2 rings (SSSR count). The molecule has 0 spiro atoms. The molecule has 15 heavy (non-hydrogen) atoms. The van der Waals surface area contributed by atoms with Gasteiger partial charge in [-0.05, 0) is 59.4 Å². The molecule has 2 heterocycles. The molecule has 2 aliphatic rings. The zero-order valence-electron chi connectivity index (χ0n) is 10.2. The minimum atomic E-state index is 0.809. The van der Waals surface area contributed by atoms with Gasteiger partial charge in [0.15, 0.2) is 0 Å². The lowest BCUT2D eigenvalue weighted by atomic mass is 10.0. The number of rotatable bonds is 3. The van der Waals surface area contributed by atoms with E-state index in [0.717, 1.165) is 12.1 Å². The van der Waals surface area contributed by atoms with Crippen LogP contribution in [0.15, 0.2) is 0 Å². The predicted molar refractivity (Wildman–Crippen MR) is 64.2 cm³/mol. The molecule has 3 heteroatoms. The van der Waals surface area contributed by atoms with Crippen molar-refractivity contribution in [1.29, 1.82) is 0 Å². The Bertz CT molecular complexity index is 187. The number of piperidine rings is 1. The third kappa shape index (κ3) is 2.71. The lowest BCUT2D eigenvalue weighted by molar-refractivity contribution is 0.110. The van der Waals surface area contributed by atoms with E-state index in [0.29, 0.717) is 0 Å². The lowest BCUT2D eigenvalue weighted by Gasteiger charge is -2.38. The number of nitrogens with zero attached hydrogens (tertiary/aromatic N) is 2. The fourth-order valence-corrected chi connectivity index (χ4v) is 3.12. The van der Waals surface area contributed by atoms with Crippen LogP contribution in [0.2, 0.25) is 0 Å². The zero-order chi connectivity index (χ0) is 10.7. The minimum Gasteiger partial charge on any atom is -0.318 e. The van der Waals surface area contributed by atoms with Crippen LogP contribution in [0, 0.1) is 0 Å². The summed E-state index contributed by atoms with van der Waals surface area (Å²) >= 11 is 0. The summed E-state index contributed by atoms with van der Waals surface area (Å²) in [5, 5.41) is 3.34. The first-order valence-corrected chi connectivity index (χ1v) is 6.40. The van der Waals surface area contributed by atoms with Gasteiger partial charge in [-0.3, -0.25) is 4.90 Å². The maximum atomic E-state index is 3.34. The van der Waals surface area contributed by atoms with Crippen LogP contribution in [-0.2, 0) is 0 Å². The Morgan fingerprint density at radius 1 is 1.13 bits per heavy atom. The smallest absolute Gasteiger partial charge is 0.0223 e. The Labute approximate surface area is 93.8 Å². The van der Waals surface area contributed by atoms with Crippen molar-refractivity contribution in [3.05, 3.63) is 0 Å². The van der Waals surface area contributed by atoms with E-state index in [1.165, 1.54) is 51.9 Å². The highest BCUT2D eigenvalue weighted by Gasteiger charge is 2.31. The second-order valence-electron chi connectivity index (χ2n) is 5.13. The van der Waals surface area contributed by atoms with Crippen molar-refractivity contribution in [2.24, 2.45) is 0 Å². The van der Waals surface area contributed by atoms with Crippen LogP contribution in [0.25, 0.3) is 0 Å². The molecule has 0 aromatic carbocycles. The second-order valence-corrected chi connectivity index (χ2v) is 5.13. The molecule has 2 saturated heterocycles. The molecule has 1 N–H and O–H groups in total. The highest BCUT2D eigenvalue weighted by atomic mass is 15.2. The largest absolute Gasteiger partial charge is 0.318 e. The predicted octanol–water partition coefficient (Wildman–Crippen LogP) is 0.764. The molecular weight excluding hydrogens is 186 g/mol. The van der Waals surface area contributed by atoms with Crippen LogP contribution >= 0.6 is 0 Å². The second kappa shape index (κ2) is 5.28. The number of nitrogens with one attached hydrogen (secondary N) is 1. The average Bonchev–Trinajstić information content (AvgIpc) is 2.68. The summed E-state index contributed by atoms with van der Waals surface area (Å²) in [6.07, 6.45) is 5.54. The van der Waals surface area contributed by atoms with E-state index in [-0.39, 0.29) is 0 Å². The van der Waals surface area contributed by atoms with Gasteiger partial charge in [0.05, 0.1) is 0 Å². The summed E-state index contributed by atoms with van der Waals surface area (Å²) in [4.78, 5) is 5.23. The summed E-state index contributed by atoms with van der Waals surface area (Å²) in [5.41, 5.74) is 0. The van der Waals surface area contributed by atoms with Crippen molar-refractivity contribution in [2.75, 3.05) is 40.3 Å². The van der Waals surface area contributed by atoms with Crippen molar-refractivity contribution in [1.82, 2.24) is 15.1 Å². The first-order valence-electron chi connectivity index (χ1n) is 6.40. The molecule has 0 aromatic heterocycles. The van der Waals surface area contributed by atoms with E-state index in [9.17, 15) is 0 Å². The third-order valence-corrected chi connectivity index (χ3v) is 4.02. The van der Waals surface area contributed by atoms with Crippen molar-refractivity contribution in [3.63, 3.8) is 0 Å². The number of hydrogen-bond donors (Lipinski definition) is 1. The molecule has 0 saturated carbocycles. The molecule has 0 aromatic rings. The first kappa shape index (κ1) is 11.4. The van der Waals surface area contributed by atoms with E-state index < -0.39 is 0 Å². The van der Waals surface area contributed by atoms with Gasteiger partial charge in [0.2, 0.25) is 0 Å². The topological polar surface area (TPSA) is 18.5 Å². The van der Waals surface area contributed by atoms with Crippen molar-refractivity contribution in [3.8, 4) is 0 Å². The molecular formula is C12H25N3. The van der Waals surface area contributed by atoms with Crippen LogP contribution < -0.4 is 5.32 Å². The van der Waals surface area contributed by atoms with Gasteiger partial charge in [-0.2, -0.15) is 0 Å². The fraction of sp³-hybridized carbons (Fsp3) is 1.00. The first-order chi connectivity index (χ1) is 7.31. The monoisotopic (exact) mass is 211 g/mol. The Kier molecular flexibility index (Phi) is 4.00. The van der Waals surface area contributed by atoms with E-state index in [2.05, 4.69) is 29.2 Å². The molecule has 1 unspecified atom stereocenters. The summed E-state index contributed by atoms with van der Waals surface area (Å²) in [6, 6.07) is 1.67. The van der Waals surface area contributed by atoms with Gasteiger partial charge in [0.25, 0.3) is 0 Å². The fourth-order valence-electron chi connectivity index (χ4n) is 3.12. The highest BCUT2D eigenvalue weighted by Crippen LogP contribution is 2.25. The summed E-state index contributed by atoms with van der Waals surface area (Å²) in [7, 11) is 4.32. The number of hydrogen-bond acceptors (Lipinski definition) is 3. The SMILES string of the molecule is CNCC1CCCN1C1CCN(C)CC1. The van der Waals surface area contributed by atoms with Crippen LogP contribution in [0.5, 0.6) is 0 Å². The minimum absolute atomic E-state index is 0.809. The van der Waals surface area contributed by atoms with E-state index in [1.54, 1.807) is 0 Å². The average molecular weight is 211 g/mol. The Hall–Kier alpha value is -0.120. The molecule has 1 atom stereocenters. The van der Waals surface area contributed by atoms with Gasteiger partial charge in [0, 0.05) is 18.6 Å². The molecule has 2 fully saturated rings. The van der Waals surface area contributed by atoms with Crippen LogP contribution in [0.3, 0.4) is 0 Å². The van der Waals surface area contributed by atoms with Crippen LogP contribution in [-0.4, -0.2) is 62.2 Å². The van der Waals surface area contributed by atoms with Gasteiger partial charge in [-0.1, -0.05) is 0 Å². The normalized spacial score (nSPS) is 31.2. The molecule has 3 nitrogen and oxygen atoms in total. The van der Waals surface area contributed by atoms with Gasteiger partial charge < -0.3 is 10.2 Å². The van der Waals surface area contributed by atoms with Crippen molar-refractivity contribution in [2.45, 2.75) is 37.8 Å². The maximum absolute atomic E-state index is 3.34. The van der Waals surface area contributed by atoms with Crippen LogP contribution in [0.4, 0.5) is 0 Å². The number of likely N-dealkylation sites (N-methyl/N-ethyl adjacent to an activating group) is 1. The van der Waals surface area contributed by atoms with Gasteiger partial charge >= 0.3 is 0 Å². The Morgan fingerprint density at radius 2 is 1.87 bits per heavy atom. The molecule has 0 radical (unpaired) electrons. The zero-order valence-corrected chi connectivity index (χ0v) is 10.2. The molecule has 0 bridgehead atoms. The van der Waals surface area contributed by atoms with Gasteiger partial charge in [-0.15, -0.1) is 0 Å². The Balaban J connectivity index is 1.86. The standard InChI is InChI=1S/C12H25N3/c1-13-10-12-4-3-7-15(12)11-5-8-14(2)9-6-11/h11-13H,3-10H2,1-2H3. The molecule has 0 aliphatic carbocycles.